The van der Waals surface area contributed by atoms with Crippen molar-refractivity contribution in [3.05, 3.63) is 65.2 Å². The van der Waals surface area contributed by atoms with E-state index in [1.807, 2.05) is 4.90 Å². The van der Waals surface area contributed by atoms with Crippen LogP contribution in [0.3, 0.4) is 0 Å². The summed E-state index contributed by atoms with van der Waals surface area (Å²) >= 11 is 0. The molecule has 0 heterocycles. The molecule has 0 aromatic heterocycles. The van der Waals surface area contributed by atoms with Crippen molar-refractivity contribution < 1.29 is 21.6 Å². The lowest BCUT2D eigenvalue weighted by molar-refractivity contribution is -0.137. The molecule has 2 aromatic carbocycles. The molecule has 0 bridgehead atoms. The number of guanidine groups is 1. The number of nitrogens with zero attached hydrogens (tertiary/aromatic N) is 2. The third-order valence-corrected chi connectivity index (χ3v) is 5.45. The van der Waals surface area contributed by atoms with Gasteiger partial charge in [-0.05, 0) is 41.8 Å². The zero-order chi connectivity index (χ0) is 21.7. The summed E-state index contributed by atoms with van der Waals surface area (Å²) in [4.78, 5) is 6.28. The van der Waals surface area contributed by atoms with Gasteiger partial charge in [0, 0.05) is 33.4 Å². The van der Waals surface area contributed by atoms with Crippen molar-refractivity contribution in [2.75, 3.05) is 26.9 Å². The summed E-state index contributed by atoms with van der Waals surface area (Å²) in [6, 6.07) is 11.7. The number of alkyl halides is 3. The standard InChI is InChI=1S/C20H24F3N3O2S/c1-24-19(25-13-12-15-6-10-18(11-7-15)29(3,27)28)26(2)14-16-4-8-17(9-5-16)20(21,22)23/h4-11H,12-14H2,1-3H3,(H,24,25). The second-order valence-electron chi connectivity index (χ2n) is 6.69. The molecule has 0 aliphatic rings. The van der Waals surface area contributed by atoms with Gasteiger partial charge in [0.05, 0.1) is 10.5 Å². The first-order valence-electron chi connectivity index (χ1n) is 8.87. The maximum Gasteiger partial charge on any atom is 0.416 e. The Hall–Kier alpha value is -2.55. The summed E-state index contributed by atoms with van der Waals surface area (Å²) in [5, 5.41) is 3.20. The van der Waals surface area contributed by atoms with Crippen LogP contribution in [0.15, 0.2) is 58.4 Å². The first kappa shape index (κ1) is 22.7. The fraction of sp³-hybridized carbons (Fsp3) is 0.350. The fourth-order valence-electron chi connectivity index (χ4n) is 2.75. The second-order valence-corrected chi connectivity index (χ2v) is 8.71. The van der Waals surface area contributed by atoms with Gasteiger partial charge in [-0.25, -0.2) is 8.42 Å². The molecule has 0 aliphatic carbocycles. The number of aliphatic imine (C=N–C) groups is 1. The van der Waals surface area contributed by atoms with Gasteiger partial charge in [-0.15, -0.1) is 0 Å². The Morgan fingerprint density at radius 3 is 2.07 bits per heavy atom. The van der Waals surface area contributed by atoms with Gasteiger partial charge >= 0.3 is 6.18 Å². The SMILES string of the molecule is CN=C(NCCc1ccc(S(C)(=O)=O)cc1)N(C)Cc1ccc(C(F)(F)F)cc1. The van der Waals surface area contributed by atoms with Gasteiger partial charge in [0.2, 0.25) is 0 Å². The van der Waals surface area contributed by atoms with Gasteiger partial charge in [-0.2, -0.15) is 13.2 Å². The van der Waals surface area contributed by atoms with E-state index in [-0.39, 0.29) is 4.90 Å². The highest BCUT2D eigenvalue weighted by Gasteiger charge is 2.29. The summed E-state index contributed by atoms with van der Waals surface area (Å²) in [6.07, 6.45) is -2.52. The molecule has 158 valence electrons. The van der Waals surface area contributed by atoms with E-state index in [0.717, 1.165) is 23.3 Å². The van der Waals surface area contributed by atoms with Crippen molar-refractivity contribution in [3.8, 4) is 0 Å². The molecule has 0 aliphatic heterocycles. The van der Waals surface area contributed by atoms with Gasteiger partial charge in [0.15, 0.2) is 15.8 Å². The zero-order valence-electron chi connectivity index (χ0n) is 16.5. The number of hydrogen-bond donors (Lipinski definition) is 1. The van der Waals surface area contributed by atoms with E-state index in [1.165, 1.54) is 18.4 Å². The van der Waals surface area contributed by atoms with Crippen molar-refractivity contribution >= 4 is 15.8 Å². The summed E-state index contributed by atoms with van der Waals surface area (Å²) in [5.74, 6) is 0.609. The van der Waals surface area contributed by atoms with Crippen molar-refractivity contribution in [2.45, 2.75) is 24.0 Å². The maximum atomic E-state index is 12.7. The van der Waals surface area contributed by atoms with Crippen LogP contribution in [0.25, 0.3) is 0 Å². The molecule has 0 atom stereocenters. The maximum absolute atomic E-state index is 12.7. The molecule has 0 unspecified atom stereocenters. The van der Waals surface area contributed by atoms with Crippen LogP contribution in [0, 0.1) is 0 Å². The normalized spacial score (nSPS) is 12.7. The van der Waals surface area contributed by atoms with E-state index in [9.17, 15) is 21.6 Å². The third kappa shape index (κ3) is 6.77. The minimum absolute atomic E-state index is 0.279. The molecule has 2 rings (SSSR count). The molecule has 0 amide bonds. The van der Waals surface area contributed by atoms with E-state index in [1.54, 1.807) is 38.4 Å². The van der Waals surface area contributed by atoms with Crippen LogP contribution in [0.4, 0.5) is 13.2 Å². The summed E-state index contributed by atoms with van der Waals surface area (Å²) < 4.78 is 60.9. The van der Waals surface area contributed by atoms with Crippen LogP contribution in [0.1, 0.15) is 16.7 Å². The zero-order valence-corrected chi connectivity index (χ0v) is 17.3. The average molecular weight is 427 g/mol. The summed E-state index contributed by atoms with van der Waals surface area (Å²) in [7, 11) is 0.218. The molecular formula is C20H24F3N3O2S. The second kappa shape index (κ2) is 9.30. The lowest BCUT2D eigenvalue weighted by Gasteiger charge is -2.22. The van der Waals surface area contributed by atoms with E-state index in [0.29, 0.717) is 25.5 Å². The quantitative estimate of drug-likeness (QED) is 0.567. The topological polar surface area (TPSA) is 61.8 Å². The van der Waals surface area contributed by atoms with E-state index in [4.69, 9.17) is 0 Å². The first-order valence-corrected chi connectivity index (χ1v) is 10.8. The number of benzene rings is 2. The Labute approximate surface area is 169 Å². The van der Waals surface area contributed by atoms with Crippen LogP contribution in [-0.2, 0) is 29.0 Å². The van der Waals surface area contributed by atoms with Crippen molar-refractivity contribution in [3.63, 3.8) is 0 Å². The van der Waals surface area contributed by atoms with Gasteiger partial charge in [0.25, 0.3) is 0 Å². The number of rotatable bonds is 6. The highest BCUT2D eigenvalue weighted by molar-refractivity contribution is 7.90. The molecule has 0 saturated carbocycles. The van der Waals surface area contributed by atoms with Crippen molar-refractivity contribution in [1.29, 1.82) is 0 Å². The summed E-state index contributed by atoms with van der Waals surface area (Å²) in [5.41, 5.74) is 1.04. The number of sulfone groups is 1. The van der Waals surface area contributed by atoms with E-state index < -0.39 is 21.6 Å². The minimum atomic E-state index is -4.35. The van der Waals surface area contributed by atoms with Gasteiger partial charge in [-0.3, -0.25) is 4.99 Å². The van der Waals surface area contributed by atoms with Crippen molar-refractivity contribution in [2.24, 2.45) is 4.99 Å². The highest BCUT2D eigenvalue weighted by Crippen LogP contribution is 2.29. The molecule has 0 fully saturated rings. The first-order chi connectivity index (χ1) is 13.5. The van der Waals surface area contributed by atoms with Gasteiger partial charge < -0.3 is 10.2 Å². The molecule has 0 radical (unpaired) electrons. The molecule has 0 saturated heterocycles. The van der Waals surface area contributed by atoms with Crippen LogP contribution < -0.4 is 5.32 Å². The highest BCUT2D eigenvalue weighted by atomic mass is 32.2. The smallest absolute Gasteiger partial charge is 0.356 e. The predicted octanol–water partition coefficient (Wildman–Crippen LogP) is 3.36. The van der Waals surface area contributed by atoms with Crippen LogP contribution in [0.5, 0.6) is 0 Å². The Balaban J connectivity index is 1.89. The molecule has 5 nitrogen and oxygen atoms in total. The molecule has 0 spiro atoms. The van der Waals surface area contributed by atoms with Gasteiger partial charge in [-0.1, -0.05) is 24.3 Å². The number of hydrogen-bond acceptors (Lipinski definition) is 3. The van der Waals surface area contributed by atoms with Gasteiger partial charge in [0.1, 0.15) is 0 Å². The minimum Gasteiger partial charge on any atom is -0.356 e. The lowest BCUT2D eigenvalue weighted by atomic mass is 10.1. The molecule has 2 aromatic rings. The Morgan fingerprint density at radius 2 is 1.59 bits per heavy atom. The fourth-order valence-corrected chi connectivity index (χ4v) is 3.39. The monoisotopic (exact) mass is 427 g/mol. The predicted molar refractivity (Wildman–Crippen MR) is 108 cm³/mol. The van der Waals surface area contributed by atoms with Crippen LogP contribution >= 0.6 is 0 Å². The lowest BCUT2D eigenvalue weighted by Crippen LogP contribution is -2.39. The van der Waals surface area contributed by atoms with E-state index in [2.05, 4.69) is 10.3 Å². The average Bonchev–Trinajstić information content (AvgIpc) is 2.64. The van der Waals surface area contributed by atoms with Crippen molar-refractivity contribution in [1.82, 2.24) is 10.2 Å². The summed E-state index contributed by atoms with van der Waals surface area (Å²) in [6.45, 7) is 0.975. The number of halogens is 3. The Kier molecular flexibility index (Phi) is 7.29. The van der Waals surface area contributed by atoms with E-state index >= 15 is 0 Å². The number of nitrogens with one attached hydrogen (secondary N) is 1. The Bertz CT molecular complexity index is 938. The molecule has 1 N–H and O–H groups in total. The van der Waals surface area contributed by atoms with Crippen LogP contribution in [0.2, 0.25) is 0 Å². The molecule has 9 heteroatoms. The Morgan fingerprint density at radius 1 is 1.03 bits per heavy atom. The largest absolute Gasteiger partial charge is 0.416 e. The van der Waals surface area contributed by atoms with Crippen LogP contribution in [-0.4, -0.2) is 46.2 Å². The molecule has 29 heavy (non-hydrogen) atoms. The third-order valence-electron chi connectivity index (χ3n) is 4.32. The molecular weight excluding hydrogens is 403 g/mol.